The molecule has 4 nitrogen and oxygen atoms in total. The van der Waals surface area contributed by atoms with Crippen LogP contribution in [0.4, 0.5) is 0 Å². The number of hydrogen-bond donors (Lipinski definition) is 2. The van der Waals surface area contributed by atoms with Gasteiger partial charge in [0.1, 0.15) is 0 Å². The van der Waals surface area contributed by atoms with Crippen molar-refractivity contribution >= 4 is 30.1 Å². The Labute approximate surface area is 114 Å². The van der Waals surface area contributed by atoms with E-state index in [0.29, 0.717) is 25.6 Å². The minimum absolute atomic E-state index is 0. The Balaban J connectivity index is 0.00000256. The van der Waals surface area contributed by atoms with Crippen LogP contribution in [-0.2, 0) is 9.53 Å². The molecule has 0 radical (unpaired) electrons. The van der Waals surface area contributed by atoms with E-state index in [0.717, 1.165) is 18.1 Å². The summed E-state index contributed by atoms with van der Waals surface area (Å²) in [6, 6.07) is 0.338. The fraction of sp³-hybridized carbons (Fsp3) is 0.909. The quantitative estimate of drug-likeness (QED) is 0.715. The predicted octanol–water partition coefficient (Wildman–Crippen LogP) is 1.04. The summed E-state index contributed by atoms with van der Waals surface area (Å²) in [4.78, 5) is 11.5. The number of carbonyl (C=O) groups excluding carboxylic acids is 1. The lowest BCUT2D eigenvalue weighted by atomic mass is 10.2. The lowest BCUT2D eigenvalue weighted by molar-refractivity contribution is -0.121. The molecule has 1 saturated heterocycles. The molecule has 0 spiro atoms. The molecule has 0 aliphatic carbocycles. The fourth-order valence-corrected chi connectivity index (χ4v) is 2.48. The molecule has 0 bridgehead atoms. The molecule has 1 unspecified atom stereocenters. The zero-order valence-electron chi connectivity index (χ0n) is 10.5. The first-order valence-corrected chi connectivity index (χ1v) is 7.03. The normalized spacial score (nSPS) is 19.8. The summed E-state index contributed by atoms with van der Waals surface area (Å²) in [5.74, 6) is 2.31. The molecule has 1 atom stereocenters. The van der Waals surface area contributed by atoms with Crippen molar-refractivity contribution in [2.45, 2.75) is 32.4 Å². The maximum absolute atomic E-state index is 11.5. The van der Waals surface area contributed by atoms with E-state index in [1.54, 1.807) is 0 Å². The van der Waals surface area contributed by atoms with E-state index in [4.69, 9.17) is 4.74 Å². The van der Waals surface area contributed by atoms with Gasteiger partial charge in [-0.25, -0.2) is 0 Å². The number of halogens is 1. The molecule has 1 aliphatic rings. The highest BCUT2D eigenvalue weighted by atomic mass is 35.5. The van der Waals surface area contributed by atoms with Gasteiger partial charge in [-0.15, -0.1) is 12.4 Å². The summed E-state index contributed by atoms with van der Waals surface area (Å²) >= 11 is 1.91. The number of hydrogen-bond acceptors (Lipinski definition) is 4. The van der Waals surface area contributed by atoms with Crippen molar-refractivity contribution in [1.82, 2.24) is 10.6 Å². The largest absolute Gasteiger partial charge is 0.377 e. The average molecular weight is 283 g/mol. The summed E-state index contributed by atoms with van der Waals surface area (Å²) < 4.78 is 5.35. The molecule has 17 heavy (non-hydrogen) atoms. The van der Waals surface area contributed by atoms with Crippen molar-refractivity contribution < 1.29 is 9.53 Å². The summed E-state index contributed by atoms with van der Waals surface area (Å²) in [6.45, 7) is 6.20. The number of rotatable bonds is 6. The standard InChI is InChI=1S/C11H22N2O2S.ClH/c1-9(2)15-5-3-13-11(14)7-10-8-16-6-4-12-10;/h9-10,12H,3-8H2,1-2H3,(H,13,14);1H. The third-order valence-electron chi connectivity index (χ3n) is 2.31. The molecule has 1 heterocycles. The van der Waals surface area contributed by atoms with Crippen molar-refractivity contribution in [2.75, 3.05) is 31.2 Å². The van der Waals surface area contributed by atoms with Crippen molar-refractivity contribution in [2.24, 2.45) is 0 Å². The summed E-state index contributed by atoms with van der Waals surface area (Å²) in [5, 5.41) is 6.22. The smallest absolute Gasteiger partial charge is 0.221 e. The molecule has 0 saturated carbocycles. The minimum atomic E-state index is 0. The Morgan fingerprint density at radius 3 is 2.94 bits per heavy atom. The van der Waals surface area contributed by atoms with E-state index in [-0.39, 0.29) is 24.4 Å². The highest BCUT2D eigenvalue weighted by Crippen LogP contribution is 2.09. The van der Waals surface area contributed by atoms with Crippen LogP contribution < -0.4 is 10.6 Å². The van der Waals surface area contributed by atoms with Crippen molar-refractivity contribution in [3.8, 4) is 0 Å². The van der Waals surface area contributed by atoms with Gasteiger partial charge in [0.15, 0.2) is 0 Å². The zero-order valence-corrected chi connectivity index (χ0v) is 12.2. The van der Waals surface area contributed by atoms with Crippen LogP contribution in [0.1, 0.15) is 20.3 Å². The Bertz CT molecular complexity index is 212. The van der Waals surface area contributed by atoms with Crippen LogP contribution in [-0.4, -0.2) is 49.3 Å². The number of amides is 1. The van der Waals surface area contributed by atoms with Crippen LogP contribution in [0.2, 0.25) is 0 Å². The van der Waals surface area contributed by atoms with Crippen LogP contribution in [0, 0.1) is 0 Å². The second-order valence-corrected chi connectivity index (χ2v) is 5.35. The molecule has 2 N–H and O–H groups in total. The number of thioether (sulfide) groups is 1. The van der Waals surface area contributed by atoms with Crippen molar-refractivity contribution in [3.63, 3.8) is 0 Å². The minimum Gasteiger partial charge on any atom is -0.377 e. The summed E-state index contributed by atoms with van der Waals surface area (Å²) in [6.07, 6.45) is 0.808. The van der Waals surface area contributed by atoms with Crippen LogP contribution >= 0.6 is 24.2 Å². The maximum Gasteiger partial charge on any atom is 0.221 e. The van der Waals surface area contributed by atoms with Crippen LogP contribution in [0.5, 0.6) is 0 Å². The van der Waals surface area contributed by atoms with Gasteiger partial charge in [-0.05, 0) is 13.8 Å². The Morgan fingerprint density at radius 1 is 1.59 bits per heavy atom. The predicted molar refractivity (Wildman–Crippen MR) is 75.1 cm³/mol. The van der Waals surface area contributed by atoms with Crippen LogP contribution in [0.3, 0.4) is 0 Å². The second-order valence-electron chi connectivity index (χ2n) is 4.20. The number of carbonyl (C=O) groups is 1. The molecule has 6 heteroatoms. The van der Waals surface area contributed by atoms with E-state index < -0.39 is 0 Å². The lowest BCUT2D eigenvalue weighted by Gasteiger charge is -2.22. The van der Waals surface area contributed by atoms with Gasteiger partial charge in [-0.3, -0.25) is 4.79 Å². The molecule has 0 aromatic carbocycles. The molecule has 1 fully saturated rings. The SMILES string of the molecule is CC(C)OCCNC(=O)CC1CSCCN1.Cl. The zero-order chi connectivity index (χ0) is 11.8. The van der Waals surface area contributed by atoms with Gasteiger partial charge >= 0.3 is 0 Å². The Kier molecular flexibility index (Phi) is 10.0. The van der Waals surface area contributed by atoms with Crippen molar-refractivity contribution in [3.05, 3.63) is 0 Å². The molecular weight excluding hydrogens is 260 g/mol. The van der Waals surface area contributed by atoms with Crippen LogP contribution in [0.25, 0.3) is 0 Å². The molecule has 1 aliphatic heterocycles. The van der Waals surface area contributed by atoms with E-state index in [9.17, 15) is 4.79 Å². The third kappa shape index (κ3) is 8.71. The van der Waals surface area contributed by atoms with Crippen molar-refractivity contribution in [1.29, 1.82) is 0 Å². The van der Waals surface area contributed by atoms with Gasteiger partial charge in [0, 0.05) is 37.1 Å². The lowest BCUT2D eigenvalue weighted by Crippen LogP contribution is -2.41. The van der Waals surface area contributed by atoms with E-state index in [1.807, 2.05) is 25.6 Å². The van der Waals surface area contributed by atoms with Gasteiger partial charge in [-0.2, -0.15) is 11.8 Å². The Hall–Kier alpha value is 0.0300. The number of ether oxygens (including phenoxy) is 1. The van der Waals surface area contributed by atoms with E-state index in [1.165, 1.54) is 0 Å². The molecule has 102 valence electrons. The monoisotopic (exact) mass is 282 g/mol. The van der Waals surface area contributed by atoms with Gasteiger partial charge < -0.3 is 15.4 Å². The highest BCUT2D eigenvalue weighted by Gasteiger charge is 2.16. The fourth-order valence-electron chi connectivity index (χ4n) is 1.53. The maximum atomic E-state index is 11.5. The molecule has 0 aromatic rings. The van der Waals surface area contributed by atoms with Crippen LogP contribution in [0.15, 0.2) is 0 Å². The molecule has 0 aromatic heterocycles. The first-order chi connectivity index (χ1) is 7.68. The first-order valence-electron chi connectivity index (χ1n) is 5.88. The van der Waals surface area contributed by atoms with Gasteiger partial charge in [0.05, 0.1) is 12.7 Å². The first kappa shape index (κ1) is 17.0. The molecule has 1 amide bonds. The topological polar surface area (TPSA) is 50.4 Å². The number of nitrogens with one attached hydrogen (secondary N) is 2. The summed E-state index contributed by atoms with van der Waals surface area (Å²) in [7, 11) is 0. The van der Waals surface area contributed by atoms with Gasteiger partial charge in [-0.1, -0.05) is 0 Å². The van der Waals surface area contributed by atoms with E-state index >= 15 is 0 Å². The van der Waals surface area contributed by atoms with Gasteiger partial charge in [0.25, 0.3) is 0 Å². The Morgan fingerprint density at radius 2 is 2.35 bits per heavy atom. The van der Waals surface area contributed by atoms with E-state index in [2.05, 4.69) is 10.6 Å². The van der Waals surface area contributed by atoms with Gasteiger partial charge in [0.2, 0.25) is 5.91 Å². The highest BCUT2D eigenvalue weighted by molar-refractivity contribution is 7.99. The summed E-state index contributed by atoms with van der Waals surface area (Å²) in [5.41, 5.74) is 0. The molecule has 1 rings (SSSR count). The third-order valence-corrected chi connectivity index (χ3v) is 3.44. The molecular formula is C11H23ClN2O2S. The second kappa shape index (κ2) is 10.00. The average Bonchev–Trinajstić information content (AvgIpc) is 2.25.